The summed E-state index contributed by atoms with van der Waals surface area (Å²) in [6.45, 7) is 0. The van der Waals surface area contributed by atoms with Crippen LogP contribution >= 0.6 is 11.3 Å². The Kier molecular flexibility index (Phi) is 7.07. The van der Waals surface area contributed by atoms with E-state index < -0.39 is 0 Å². The zero-order valence-corrected chi connectivity index (χ0v) is 28.6. The van der Waals surface area contributed by atoms with Crippen LogP contribution < -0.4 is 0 Å². The number of pyridine rings is 1. The largest absolute Gasteiger partial charge is 0.247 e. The molecule has 0 saturated heterocycles. The summed E-state index contributed by atoms with van der Waals surface area (Å²) in [6.07, 6.45) is 0. The van der Waals surface area contributed by atoms with Gasteiger partial charge in [0.25, 0.3) is 0 Å². The molecule has 0 unspecified atom stereocenters. The van der Waals surface area contributed by atoms with Gasteiger partial charge in [0.2, 0.25) is 0 Å². The van der Waals surface area contributed by atoms with Crippen LogP contribution in [0.1, 0.15) is 0 Å². The first-order chi connectivity index (χ1) is 25.3. The van der Waals surface area contributed by atoms with Crippen molar-refractivity contribution in [2.75, 3.05) is 0 Å². The third kappa shape index (κ3) is 5.20. The topological polar surface area (TPSA) is 12.9 Å². The van der Waals surface area contributed by atoms with Crippen molar-refractivity contribution in [2.24, 2.45) is 0 Å². The van der Waals surface area contributed by atoms with Gasteiger partial charge in [-0.05, 0) is 93.0 Å². The van der Waals surface area contributed by atoms with E-state index in [-0.39, 0.29) is 0 Å². The molecular formula is C49H31NS. The van der Waals surface area contributed by atoms with Crippen LogP contribution in [0.4, 0.5) is 0 Å². The molecule has 51 heavy (non-hydrogen) atoms. The second-order valence-corrected chi connectivity index (χ2v) is 14.2. The Morgan fingerprint density at radius 3 is 1.49 bits per heavy atom. The molecule has 10 aromatic rings. The summed E-state index contributed by atoms with van der Waals surface area (Å²) in [6, 6.07) is 68.0. The first kappa shape index (κ1) is 29.6. The number of rotatable bonds is 5. The molecule has 0 aliphatic heterocycles. The number of benzene rings is 8. The van der Waals surface area contributed by atoms with Crippen molar-refractivity contribution < 1.29 is 0 Å². The maximum Gasteiger partial charge on any atom is 0.0788 e. The van der Waals surface area contributed by atoms with E-state index in [1.807, 2.05) is 11.3 Å². The highest BCUT2D eigenvalue weighted by Gasteiger charge is 2.17. The number of fused-ring (bicyclic) bond motifs is 7. The quantitative estimate of drug-likeness (QED) is 0.167. The van der Waals surface area contributed by atoms with E-state index in [2.05, 4.69) is 188 Å². The van der Waals surface area contributed by atoms with E-state index in [4.69, 9.17) is 4.98 Å². The fourth-order valence-electron chi connectivity index (χ4n) is 7.57. The standard InChI is InChI=1S/C49H31NS/c1-4-13-32(14-5-1)38-28-39(33-15-6-2-7-16-33)30-40(29-38)36-20-12-19-35(27-36)37-23-25-45-43(31-37)48-46(51-45)26-24-42-47(48)41-21-10-11-22-44(41)50-49(42)34-17-8-3-9-18-34/h1-31H. The second-order valence-electron chi connectivity index (χ2n) is 13.1. The van der Waals surface area contributed by atoms with E-state index in [9.17, 15) is 0 Å². The molecule has 0 atom stereocenters. The Hall–Kier alpha value is -6.35. The lowest BCUT2D eigenvalue weighted by Crippen LogP contribution is -1.90. The van der Waals surface area contributed by atoms with Gasteiger partial charge in [0.1, 0.15) is 0 Å². The van der Waals surface area contributed by atoms with Crippen molar-refractivity contribution in [2.45, 2.75) is 0 Å². The molecule has 0 spiro atoms. The summed E-state index contributed by atoms with van der Waals surface area (Å²) < 4.78 is 2.59. The third-order valence-electron chi connectivity index (χ3n) is 10.0. The summed E-state index contributed by atoms with van der Waals surface area (Å²) in [5, 5.41) is 6.25. The van der Waals surface area contributed by atoms with E-state index in [0.29, 0.717) is 0 Å². The molecule has 0 radical (unpaired) electrons. The lowest BCUT2D eigenvalue weighted by atomic mass is 9.92. The van der Waals surface area contributed by atoms with Crippen LogP contribution in [-0.2, 0) is 0 Å². The number of nitrogens with zero attached hydrogens (tertiary/aromatic N) is 1. The van der Waals surface area contributed by atoms with Gasteiger partial charge in [-0.1, -0.05) is 140 Å². The van der Waals surface area contributed by atoms with Crippen LogP contribution in [0.3, 0.4) is 0 Å². The van der Waals surface area contributed by atoms with Gasteiger partial charge in [0, 0.05) is 41.9 Å². The monoisotopic (exact) mass is 665 g/mol. The molecule has 10 rings (SSSR count). The minimum atomic E-state index is 1.02. The predicted molar refractivity (Wildman–Crippen MR) is 219 cm³/mol. The summed E-state index contributed by atoms with van der Waals surface area (Å²) in [7, 11) is 0. The van der Waals surface area contributed by atoms with Gasteiger partial charge < -0.3 is 0 Å². The fraction of sp³-hybridized carbons (Fsp3) is 0. The first-order valence-corrected chi connectivity index (χ1v) is 18.2. The highest BCUT2D eigenvalue weighted by atomic mass is 32.1. The van der Waals surface area contributed by atoms with E-state index >= 15 is 0 Å². The molecule has 0 saturated carbocycles. The molecule has 0 fully saturated rings. The molecule has 2 aromatic heterocycles. The molecule has 1 nitrogen and oxygen atoms in total. The van der Waals surface area contributed by atoms with Gasteiger partial charge >= 0.3 is 0 Å². The van der Waals surface area contributed by atoms with Crippen LogP contribution in [0.2, 0.25) is 0 Å². The highest BCUT2D eigenvalue weighted by Crippen LogP contribution is 2.44. The van der Waals surface area contributed by atoms with E-state index in [1.165, 1.54) is 80.8 Å². The van der Waals surface area contributed by atoms with Crippen molar-refractivity contribution in [1.29, 1.82) is 0 Å². The van der Waals surface area contributed by atoms with Crippen LogP contribution in [0.15, 0.2) is 188 Å². The third-order valence-corrected chi connectivity index (χ3v) is 11.2. The summed E-state index contributed by atoms with van der Waals surface area (Å²) >= 11 is 1.87. The SMILES string of the molecule is c1ccc(-c2cc(-c3ccccc3)cc(-c3cccc(-c4ccc5sc6ccc7c(-c8ccccc8)nc8ccccc8c7c6c5c4)c3)c2)cc1. The van der Waals surface area contributed by atoms with Crippen molar-refractivity contribution >= 4 is 53.2 Å². The Balaban J connectivity index is 1.16. The molecule has 0 bridgehead atoms. The average Bonchev–Trinajstić information content (AvgIpc) is 3.59. The number of thiophene rings is 1. The summed E-state index contributed by atoms with van der Waals surface area (Å²) in [5.74, 6) is 0. The van der Waals surface area contributed by atoms with Crippen molar-refractivity contribution in [3.8, 4) is 55.8 Å². The Bertz CT molecular complexity index is 2830. The maximum absolute atomic E-state index is 5.20. The highest BCUT2D eigenvalue weighted by molar-refractivity contribution is 7.26. The van der Waals surface area contributed by atoms with Crippen molar-refractivity contribution in [1.82, 2.24) is 4.98 Å². The zero-order chi connectivity index (χ0) is 33.7. The second kappa shape index (κ2) is 12.2. The molecule has 238 valence electrons. The zero-order valence-electron chi connectivity index (χ0n) is 27.8. The van der Waals surface area contributed by atoms with E-state index in [1.54, 1.807) is 0 Å². The Morgan fingerprint density at radius 1 is 0.294 bits per heavy atom. The van der Waals surface area contributed by atoms with Crippen LogP contribution in [0, 0.1) is 0 Å². The molecule has 2 heterocycles. The molecule has 0 aliphatic carbocycles. The Labute approximate surface area is 300 Å². The molecule has 2 heteroatoms. The fourth-order valence-corrected chi connectivity index (χ4v) is 8.67. The number of aromatic nitrogens is 1. The normalized spacial score (nSPS) is 11.5. The summed E-state index contributed by atoms with van der Waals surface area (Å²) in [4.78, 5) is 5.20. The number of hydrogen-bond donors (Lipinski definition) is 0. The summed E-state index contributed by atoms with van der Waals surface area (Å²) in [5.41, 5.74) is 12.9. The van der Waals surface area contributed by atoms with Crippen LogP contribution in [0.5, 0.6) is 0 Å². The predicted octanol–water partition coefficient (Wildman–Crippen LogP) is 14.1. The minimum Gasteiger partial charge on any atom is -0.247 e. The van der Waals surface area contributed by atoms with Gasteiger partial charge in [-0.25, -0.2) is 4.98 Å². The molecule has 0 N–H and O–H groups in total. The number of para-hydroxylation sites is 1. The van der Waals surface area contributed by atoms with Gasteiger partial charge in [0.15, 0.2) is 0 Å². The van der Waals surface area contributed by atoms with Crippen molar-refractivity contribution in [3.63, 3.8) is 0 Å². The van der Waals surface area contributed by atoms with Crippen molar-refractivity contribution in [3.05, 3.63) is 188 Å². The minimum absolute atomic E-state index is 1.02. The first-order valence-electron chi connectivity index (χ1n) is 17.4. The maximum atomic E-state index is 5.20. The molecule has 0 aliphatic rings. The smallest absolute Gasteiger partial charge is 0.0788 e. The Morgan fingerprint density at radius 2 is 0.804 bits per heavy atom. The van der Waals surface area contributed by atoms with Crippen LogP contribution in [0.25, 0.3) is 97.6 Å². The van der Waals surface area contributed by atoms with Gasteiger partial charge in [-0.2, -0.15) is 0 Å². The number of hydrogen-bond acceptors (Lipinski definition) is 2. The van der Waals surface area contributed by atoms with Gasteiger partial charge in [-0.3, -0.25) is 0 Å². The molecule has 0 amide bonds. The average molecular weight is 666 g/mol. The van der Waals surface area contributed by atoms with Gasteiger partial charge in [-0.15, -0.1) is 11.3 Å². The molecule has 8 aromatic carbocycles. The lowest BCUT2D eigenvalue weighted by molar-refractivity contribution is 1.43. The van der Waals surface area contributed by atoms with E-state index in [0.717, 1.165) is 16.8 Å². The molecular weight excluding hydrogens is 635 g/mol. The van der Waals surface area contributed by atoms with Gasteiger partial charge in [0.05, 0.1) is 11.2 Å². The van der Waals surface area contributed by atoms with Crippen LogP contribution in [-0.4, -0.2) is 4.98 Å². The lowest BCUT2D eigenvalue weighted by Gasteiger charge is -2.13.